The van der Waals surface area contributed by atoms with Crippen molar-refractivity contribution in [2.75, 3.05) is 0 Å². The Morgan fingerprint density at radius 3 is 2.72 bits per heavy atom. The van der Waals surface area contributed by atoms with Crippen LogP contribution in [0, 0.1) is 0 Å². The van der Waals surface area contributed by atoms with Crippen LogP contribution >= 0.6 is 0 Å². The van der Waals surface area contributed by atoms with Gasteiger partial charge in [-0.3, -0.25) is 0 Å². The second-order valence-electron chi connectivity index (χ2n) is 5.73. The predicted molar refractivity (Wildman–Crippen MR) is 99.0 cm³/mol. The Balaban J connectivity index is 2.18. The van der Waals surface area contributed by atoms with Crippen LogP contribution in [0.1, 0.15) is 33.1 Å². The predicted octanol–water partition coefficient (Wildman–Crippen LogP) is 4.87. The zero-order valence-electron chi connectivity index (χ0n) is 14.4. The second kappa shape index (κ2) is 9.16. The van der Waals surface area contributed by atoms with Gasteiger partial charge in [-0.05, 0) is 51.0 Å². The van der Waals surface area contributed by atoms with E-state index in [1.54, 1.807) is 30.4 Å². The Labute approximate surface area is 149 Å². The number of azo groups is 1. The molecule has 2 rings (SSSR count). The molecule has 0 saturated heterocycles. The van der Waals surface area contributed by atoms with Crippen molar-refractivity contribution in [1.82, 2.24) is 0 Å². The number of nitrogens with zero attached hydrogens (tertiary/aromatic N) is 2. The van der Waals surface area contributed by atoms with E-state index in [1.165, 1.54) is 6.08 Å². The first-order valence-corrected chi connectivity index (χ1v) is 9.57. The smallest absolute Gasteiger partial charge is 0.346 e. The lowest BCUT2D eigenvalue weighted by molar-refractivity contribution is 0.425. The first-order chi connectivity index (χ1) is 12.0. The van der Waals surface area contributed by atoms with Crippen LogP contribution in [0.2, 0.25) is 0 Å². The average molecular weight is 358 g/mol. The Morgan fingerprint density at radius 1 is 1.12 bits per heavy atom. The van der Waals surface area contributed by atoms with Gasteiger partial charge in [-0.25, -0.2) is 0 Å². The molecule has 0 N–H and O–H groups in total. The minimum absolute atomic E-state index is 0.00321. The summed E-state index contributed by atoms with van der Waals surface area (Å²) < 4.78 is 30.2. The molecule has 25 heavy (non-hydrogen) atoms. The molecule has 0 saturated carbocycles. The van der Waals surface area contributed by atoms with E-state index in [0.29, 0.717) is 19.3 Å². The molecule has 0 fully saturated rings. The van der Waals surface area contributed by atoms with Gasteiger partial charge < -0.3 is 4.18 Å². The van der Waals surface area contributed by atoms with Gasteiger partial charge in [0.05, 0.1) is 11.7 Å². The molecule has 0 aliphatic heterocycles. The summed E-state index contributed by atoms with van der Waals surface area (Å²) in [4.78, 5) is 0.00321. The van der Waals surface area contributed by atoms with E-state index >= 15 is 0 Å². The van der Waals surface area contributed by atoms with Crippen LogP contribution in [-0.2, 0) is 14.3 Å². The summed E-state index contributed by atoms with van der Waals surface area (Å²) in [5.41, 5.74) is 3.51. The van der Waals surface area contributed by atoms with Crippen molar-refractivity contribution in [3.8, 4) is 0 Å². The van der Waals surface area contributed by atoms with Crippen LogP contribution < -0.4 is 0 Å². The summed E-state index contributed by atoms with van der Waals surface area (Å²) in [5, 5.41) is 8.31. The molecule has 6 heteroatoms. The zero-order chi connectivity index (χ0) is 18.1. The molecule has 2 aliphatic rings. The van der Waals surface area contributed by atoms with Crippen LogP contribution in [0.4, 0.5) is 0 Å². The van der Waals surface area contributed by atoms with Gasteiger partial charge in [0.1, 0.15) is 10.7 Å². The molecule has 132 valence electrons. The minimum Gasteiger partial charge on any atom is -0.379 e. The van der Waals surface area contributed by atoms with Gasteiger partial charge in [0.2, 0.25) is 0 Å². The van der Waals surface area contributed by atoms with Gasteiger partial charge in [0, 0.05) is 6.42 Å². The summed E-state index contributed by atoms with van der Waals surface area (Å²) in [6, 6.07) is 0.112. The number of rotatable bonds is 5. The van der Waals surface area contributed by atoms with Crippen LogP contribution in [0.3, 0.4) is 0 Å². The lowest BCUT2D eigenvalue weighted by Crippen LogP contribution is -2.07. The average Bonchev–Trinajstić information content (AvgIpc) is 2.48. The van der Waals surface area contributed by atoms with Crippen molar-refractivity contribution >= 4 is 10.1 Å². The third-order valence-electron chi connectivity index (χ3n) is 3.18. The topological polar surface area (TPSA) is 68.1 Å². The molecule has 0 aromatic heterocycles. The van der Waals surface area contributed by atoms with Crippen LogP contribution in [0.5, 0.6) is 0 Å². The summed E-state index contributed by atoms with van der Waals surface area (Å²) in [7, 11) is -3.93. The fraction of sp³-hybridized carbons (Fsp3) is 0.316. The third-order valence-corrected chi connectivity index (χ3v) is 4.38. The summed E-state index contributed by atoms with van der Waals surface area (Å²) in [5.74, 6) is 0.269. The van der Waals surface area contributed by atoms with Gasteiger partial charge in [-0.1, -0.05) is 36.1 Å². The van der Waals surface area contributed by atoms with E-state index in [4.69, 9.17) is 4.18 Å². The number of hydrogen-bond acceptors (Lipinski definition) is 5. The van der Waals surface area contributed by atoms with Gasteiger partial charge >= 0.3 is 10.1 Å². The highest BCUT2D eigenvalue weighted by Crippen LogP contribution is 2.20. The van der Waals surface area contributed by atoms with Crippen molar-refractivity contribution in [1.29, 1.82) is 0 Å². The molecule has 0 atom stereocenters. The van der Waals surface area contributed by atoms with E-state index in [1.807, 2.05) is 32.1 Å². The van der Waals surface area contributed by atoms with Crippen LogP contribution in [-0.4, -0.2) is 14.5 Å². The molecule has 0 bridgehead atoms. The van der Waals surface area contributed by atoms with E-state index in [9.17, 15) is 8.42 Å². The SMILES string of the molecule is CC(C)N=N/C1=C/CC=C/C(OS(=O)(=O)C2=C=C/C=C\CC=C2)=C\C1. The highest BCUT2D eigenvalue weighted by Gasteiger charge is 2.18. The molecule has 5 nitrogen and oxygen atoms in total. The number of hydrogen-bond donors (Lipinski definition) is 0. The maximum Gasteiger partial charge on any atom is 0.346 e. The van der Waals surface area contributed by atoms with Crippen LogP contribution in [0.25, 0.3) is 0 Å². The van der Waals surface area contributed by atoms with E-state index < -0.39 is 10.1 Å². The van der Waals surface area contributed by atoms with E-state index in [-0.39, 0.29) is 16.7 Å². The first kappa shape index (κ1) is 18.9. The molecular formula is C19H22N2O3S. The maximum absolute atomic E-state index is 12.5. The van der Waals surface area contributed by atoms with Crippen molar-refractivity contribution in [3.05, 3.63) is 76.8 Å². The molecule has 0 spiro atoms. The second-order valence-corrected chi connectivity index (χ2v) is 7.25. The van der Waals surface area contributed by atoms with E-state index in [0.717, 1.165) is 5.70 Å². The normalized spacial score (nSPS) is 23.7. The molecule has 0 aromatic carbocycles. The Morgan fingerprint density at radius 2 is 1.92 bits per heavy atom. The lowest BCUT2D eigenvalue weighted by atomic mass is 10.2. The van der Waals surface area contributed by atoms with Crippen LogP contribution in [0.15, 0.2) is 87.0 Å². The largest absolute Gasteiger partial charge is 0.379 e. The minimum atomic E-state index is -3.93. The maximum atomic E-state index is 12.5. The third kappa shape index (κ3) is 6.53. The molecule has 2 aliphatic carbocycles. The zero-order valence-corrected chi connectivity index (χ0v) is 15.2. The quantitative estimate of drug-likeness (QED) is 0.400. The molecular weight excluding hydrogens is 336 g/mol. The van der Waals surface area contributed by atoms with Gasteiger partial charge in [-0.2, -0.15) is 18.6 Å². The van der Waals surface area contributed by atoms with Gasteiger partial charge in [0.25, 0.3) is 0 Å². The molecule has 0 aromatic rings. The van der Waals surface area contributed by atoms with Crippen molar-refractivity contribution in [2.45, 2.75) is 39.2 Å². The Hall–Kier alpha value is -2.43. The summed E-state index contributed by atoms with van der Waals surface area (Å²) in [6.45, 7) is 3.89. The highest BCUT2D eigenvalue weighted by atomic mass is 32.2. The molecule has 0 heterocycles. The van der Waals surface area contributed by atoms with Crippen molar-refractivity contribution in [3.63, 3.8) is 0 Å². The monoisotopic (exact) mass is 358 g/mol. The standard InChI is InChI=1S/C19H22N2O3S/c1-16(2)20-21-17-10-8-9-11-18(15-14-17)24-25(22,23)19-12-6-4-3-5-7-13-19/h3-4,6-7,9-11,13,15-16H,5,8,14H2,1-2H3/b4-3-,11-9?,13-7?,17-10+,18-15+,21-20?. The summed E-state index contributed by atoms with van der Waals surface area (Å²) >= 11 is 0. The number of allylic oxidation sites excluding steroid dienone is 8. The Bertz CT molecular complexity index is 832. The Kier molecular flexibility index (Phi) is 6.92. The lowest BCUT2D eigenvalue weighted by Gasteiger charge is -2.09. The fourth-order valence-corrected chi connectivity index (χ4v) is 2.93. The molecule has 0 amide bonds. The van der Waals surface area contributed by atoms with Gasteiger partial charge in [0.15, 0.2) is 0 Å². The first-order valence-electron chi connectivity index (χ1n) is 8.17. The molecule has 0 radical (unpaired) electrons. The highest BCUT2D eigenvalue weighted by molar-refractivity contribution is 7.91. The van der Waals surface area contributed by atoms with Crippen molar-refractivity contribution < 1.29 is 12.6 Å². The fourth-order valence-electron chi connectivity index (χ4n) is 1.98. The summed E-state index contributed by atoms with van der Waals surface area (Å²) in [6.07, 6.45) is 17.4. The van der Waals surface area contributed by atoms with E-state index in [2.05, 4.69) is 16.0 Å². The van der Waals surface area contributed by atoms with Gasteiger partial charge in [-0.15, -0.1) is 0 Å². The molecule has 0 unspecified atom stereocenters. The van der Waals surface area contributed by atoms with Crippen molar-refractivity contribution in [2.24, 2.45) is 10.2 Å².